The maximum atomic E-state index is 12.8. The van der Waals surface area contributed by atoms with E-state index in [4.69, 9.17) is 0 Å². The molecule has 0 radical (unpaired) electrons. The second-order valence-corrected chi connectivity index (χ2v) is 7.43. The van der Waals surface area contributed by atoms with Crippen LogP contribution in [0.4, 0.5) is 0 Å². The van der Waals surface area contributed by atoms with Gasteiger partial charge in [0.05, 0.1) is 0 Å². The number of aryl methyl sites for hydroxylation is 1. The van der Waals surface area contributed by atoms with Gasteiger partial charge in [0.2, 0.25) is 5.91 Å². The van der Waals surface area contributed by atoms with Crippen molar-refractivity contribution in [3.8, 4) is 0 Å². The van der Waals surface area contributed by atoms with Gasteiger partial charge in [0.25, 0.3) is 0 Å². The van der Waals surface area contributed by atoms with E-state index in [1.54, 1.807) is 11.3 Å². The highest BCUT2D eigenvalue weighted by Crippen LogP contribution is 2.40. The zero-order valence-electron chi connectivity index (χ0n) is 11.2. The van der Waals surface area contributed by atoms with E-state index in [2.05, 4.69) is 21.7 Å². The van der Waals surface area contributed by atoms with Crippen LogP contribution in [0.1, 0.15) is 28.5 Å². The number of thiophene rings is 1. The molecule has 1 N–H and O–H groups in total. The molecule has 0 aliphatic carbocycles. The highest BCUT2D eigenvalue weighted by Gasteiger charge is 2.33. The summed E-state index contributed by atoms with van der Waals surface area (Å²) in [5, 5.41) is 5.48. The van der Waals surface area contributed by atoms with E-state index in [-0.39, 0.29) is 5.25 Å². The molecule has 1 aromatic heterocycles. The molecule has 2 aliphatic heterocycles. The van der Waals surface area contributed by atoms with Crippen LogP contribution in [-0.4, -0.2) is 42.7 Å². The third-order valence-corrected chi connectivity index (χ3v) is 6.27. The van der Waals surface area contributed by atoms with Crippen LogP contribution < -0.4 is 5.32 Å². The largest absolute Gasteiger partial charge is 0.340 e. The fourth-order valence-electron chi connectivity index (χ4n) is 2.93. The number of hydrogen-bond acceptors (Lipinski definition) is 4. The van der Waals surface area contributed by atoms with E-state index in [0.717, 1.165) is 31.7 Å². The molecule has 1 aromatic rings. The first-order valence-corrected chi connectivity index (χ1v) is 8.86. The Labute approximate surface area is 122 Å². The molecule has 2 atom stereocenters. The summed E-state index contributed by atoms with van der Waals surface area (Å²) < 4.78 is 0. The molecular weight excluding hydrogens is 276 g/mol. The zero-order chi connectivity index (χ0) is 13.2. The summed E-state index contributed by atoms with van der Waals surface area (Å²) in [5.41, 5.74) is 1.28. The lowest BCUT2D eigenvalue weighted by Gasteiger charge is -2.35. The molecule has 0 bridgehead atoms. The van der Waals surface area contributed by atoms with Gasteiger partial charge in [-0.3, -0.25) is 4.79 Å². The summed E-state index contributed by atoms with van der Waals surface area (Å²) >= 11 is 3.62. The van der Waals surface area contributed by atoms with Crippen molar-refractivity contribution in [2.45, 2.75) is 30.6 Å². The van der Waals surface area contributed by atoms with Crippen LogP contribution in [0.2, 0.25) is 0 Å². The number of nitrogens with one attached hydrogen (secondary N) is 1. The normalized spacial score (nSPS) is 27.1. The van der Waals surface area contributed by atoms with Crippen LogP contribution in [0, 0.1) is 0 Å². The smallest absolute Gasteiger partial charge is 0.240 e. The molecule has 0 saturated carbocycles. The lowest BCUT2D eigenvalue weighted by molar-refractivity contribution is -0.132. The van der Waals surface area contributed by atoms with Gasteiger partial charge < -0.3 is 10.2 Å². The molecule has 1 fully saturated rings. The number of hydrogen-bond donors (Lipinski definition) is 1. The van der Waals surface area contributed by atoms with Crippen LogP contribution in [0.3, 0.4) is 0 Å². The molecule has 3 heterocycles. The van der Waals surface area contributed by atoms with E-state index in [1.807, 2.05) is 18.8 Å². The number of carbonyl (C=O) groups excluding carboxylic acids is 1. The molecule has 0 spiro atoms. The Balaban J connectivity index is 1.74. The molecule has 2 aliphatic rings. The van der Waals surface area contributed by atoms with Gasteiger partial charge in [0, 0.05) is 24.0 Å². The van der Waals surface area contributed by atoms with Gasteiger partial charge >= 0.3 is 0 Å². The SMILES string of the molecule is CNC1CCCN(C(=O)C2SCCc3sccc32)C1. The number of likely N-dealkylation sites (tertiary alicyclic amines) is 1. The summed E-state index contributed by atoms with van der Waals surface area (Å²) in [7, 11) is 1.99. The van der Waals surface area contributed by atoms with E-state index < -0.39 is 0 Å². The Hall–Kier alpha value is -0.520. The Morgan fingerprint density at radius 2 is 2.42 bits per heavy atom. The summed E-state index contributed by atoms with van der Waals surface area (Å²) in [6.45, 7) is 1.79. The highest BCUT2D eigenvalue weighted by molar-refractivity contribution is 8.00. The second-order valence-electron chi connectivity index (χ2n) is 5.21. The van der Waals surface area contributed by atoms with E-state index in [9.17, 15) is 4.79 Å². The Kier molecular flexibility index (Phi) is 4.15. The summed E-state index contributed by atoms with van der Waals surface area (Å²) in [6, 6.07) is 2.61. The molecular formula is C14H20N2OS2. The van der Waals surface area contributed by atoms with Crippen LogP contribution in [0.25, 0.3) is 0 Å². The van der Waals surface area contributed by atoms with Crippen molar-refractivity contribution < 1.29 is 4.79 Å². The molecule has 3 nitrogen and oxygen atoms in total. The van der Waals surface area contributed by atoms with Crippen molar-refractivity contribution in [3.05, 3.63) is 21.9 Å². The van der Waals surface area contributed by atoms with Gasteiger partial charge in [0.15, 0.2) is 0 Å². The molecule has 3 rings (SSSR count). The fraction of sp³-hybridized carbons (Fsp3) is 0.643. The Bertz CT molecular complexity index is 460. The zero-order valence-corrected chi connectivity index (χ0v) is 12.9. The Morgan fingerprint density at radius 3 is 3.26 bits per heavy atom. The van der Waals surface area contributed by atoms with Gasteiger partial charge in [-0.15, -0.1) is 23.1 Å². The minimum absolute atomic E-state index is 0.0469. The monoisotopic (exact) mass is 296 g/mol. The first-order valence-electron chi connectivity index (χ1n) is 6.93. The molecule has 19 heavy (non-hydrogen) atoms. The van der Waals surface area contributed by atoms with Gasteiger partial charge in [0.1, 0.15) is 5.25 Å². The summed E-state index contributed by atoms with van der Waals surface area (Å²) in [6.07, 6.45) is 3.42. The number of likely N-dealkylation sites (N-methyl/N-ethyl adjacent to an activating group) is 1. The number of carbonyl (C=O) groups is 1. The first kappa shape index (κ1) is 13.5. The number of piperidine rings is 1. The first-order chi connectivity index (χ1) is 9.29. The summed E-state index contributed by atoms with van der Waals surface area (Å²) in [4.78, 5) is 16.2. The third-order valence-electron chi connectivity index (χ3n) is 4.04. The average Bonchev–Trinajstić information content (AvgIpc) is 2.95. The van der Waals surface area contributed by atoms with Crippen molar-refractivity contribution in [3.63, 3.8) is 0 Å². The standard InChI is InChI=1S/C14H20N2OS2/c1-15-10-3-2-6-16(9-10)14(17)13-11-4-7-18-12(11)5-8-19-13/h4,7,10,13,15H,2-3,5-6,8-9H2,1H3. The van der Waals surface area contributed by atoms with Crippen molar-refractivity contribution in [1.29, 1.82) is 0 Å². The molecule has 0 aromatic carbocycles. The van der Waals surface area contributed by atoms with Crippen LogP contribution in [0.15, 0.2) is 11.4 Å². The van der Waals surface area contributed by atoms with E-state index >= 15 is 0 Å². The number of nitrogens with zero attached hydrogens (tertiary/aromatic N) is 1. The minimum Gasteiger partial charge on any atom is -0.340 e. The highest BCUT2D eigenvalue weighted by atomic mass is 32.2. The Morgan fingerprint density at radius 1 is 1.53 bits per heavy atom. The van der Waals surface area contributed by atoms with Crippen molar-refractivity contribution in [2.75, 3.05) is 25.9 Å². The van der Waals surface area contributed by atoms with E-state index in [1.165, 1.54) is 16.9 Å². The molecule has 1 saturated heterocycles. The van der Waals surface area contributed by atoms with Crippen LogP contribution >= 0.6 is 23.1 Å². The van der Waals surface area contributed by atoms with Gasteiger partial charge in [-0.05, 0) is 49.1 Å². The summed E-state index contributed by atoms with van der Waals surface area (Å²) in [5.74, 6) is 1.40. The second kappa shape index (κ2) is 5.85. The molecule has 5 heteroatoms. The van der Waals surface area contributed by atoms with Crippen molar-refractivity contribution in [2.24, 2.45) is 0 Å². The van der Waals surface area contributed by atoms with Crippen LogP contribution in [0.5, 0.6) is 0 Å². The maximum Gasteiger partial charge on any atom is 0.240 e. The average molecular weight is 296 g/mol. The molecule has 104 valence electrons. The molecule has 1 amide bonds. The molecule has 2 unspecified atom stereocenters. The van der Waals surface area contributed by atoms with Gasteiger partial charge in [-0.1, -0.05) is 0 Å². The fourth-order valence-corrected chi connectivity index (χ4v) is 5.30. The lowest BCUT2D eigenvalue weighted by Crippen LogP contribution is -2.48. The number of rotatable bonds is 2. The number of thioether (sulfide) groups is 1. The van der Waals surface area contributed by atoms with Gasteiger partial charge in [-0.25, -0.2) is 0 Å². The van der Waals surface area contributed by atoms with Crippen molar-refractivity contribution >= 4 is 29.0 Å². The number of amides is 1. The predicted molar refractivity (Wildman–Crippen MR) is 81.9 cm³/mol. The van der Waals surface area contributed by atoms with E-state index in [0.29, 0.717) is 11.9 Å². The predicted octanol–water partition coefficient (Wildman–Crippen LogP) is 2.29. The van der Waals surface area contributed by atoms with Crippen molar-refractivity contribution in [1.82, 2.24) is 10.2 Å². The lowest BCUT2D eigenvalue weighted by atomic mass is 10.0. The number of fused-ring (bicyclic) bond motifs is 1. The minimum atomic E-state index is 0.0469. The van der Waals surface area contributed by atoms with Crippen LogP contribution in [-0.2, 0) is 11.2 Å². The third kappa shape index (κ3) is 2.69. The quantitative estimate of drug-likeness (QED) is 0.909. The topological polar surface area (TPSA) is 32.3 Å². The van der Waals surface area contributed by atoms with Gasteiger partial charge in [-0.2, -0.15) is 0 Å². The maximum absolute atomic E-state index is 12.8.